The maximum absolute atomic E-state index is 12.6. The number of fused-ring (bicyclic) bond motifs is 1. The maximum Gasteiger partial charge on any atom is 1.00 e. The summed E-state index contributed by atoms with van der Waals surface area (Å²) in [6.07, 6.45) is 4.97. The fourth-order valence-corrected chi connectivity index (χ4v) is 3.73. The van der Waals surface area contributed by atoms with E-state index in [0.717, 1.165) is 18.4 Å². The number of benzene rings is 1. The zero-order chi connectivity index (χ0) is 17.1. The number of aliphatic hydroxyl groups excluding tert-OH is 1. The van der Waals surface area contributed by atoms with E-state index in [1.807, 2.05) is 13.8 Å². The van der Waals surface area contributed by atoms with Crippen molar-refractivity contribution in [1.82, 2.24) is 0 Å². The number of Topliss-reactive ketones (excluding diaryl/α,β-unsaturated/α-hetero) is 1. The van der Waals surface area contributed by atoms with Gasteiger partial charge in [0, 0.05) is 12.8 Å². The van der Waals surface area contributed by atoms with Crippen LogP contribution in [0.3, 0.4) is 0 Å². The minimum Gasteiger partial charge on any atom is -0.511 e. The van der Waals surface area contributed by atoms with Gasteiger partial charge in [-0.25, -0.2) is 0 Å². The van der Waals surface area contributed by atoms with Crippen molar-refractivity contribution < 1.29 is 44.3 Å². The number of rotatable bonds is 5. The molecule has 0 saturated heterocycles. The van der Waals surface area contributed by atoms with E-state index in [-0.39, 0.29) is 47.0 Å². The molecule has 0 saturated carbocycles. The normalized spacial score (nSPS) is 20.3. The van der Waals surface area contributed by atoms with Crippen molar-refractivity contribution in [2.24, 2.45) is 5.16 Å². The van der Waals surface area contributed by atoms with Gasteiger partial charge in [0.05, 0.1) is 11.3 Å². The van der Waals surface area contributed by atoms with Crippen molar-refractivity contribution in [1.29, 1.82) is 0 Å². The summed E-state index contributed by atoms with van der Waals surface area (Å²) in [5.41, 5.74) is 4.91. The smallest absolute Gasteiger partial charge is 0.511 e. The molecule has 3 rings (SSSR count). The van der Waals surface area contributed by atoms with E-state index in [9.17, 15) is 9.90 Å². The Labute approximate surface area is 171 Å². The molecule has 1 atom stereocenters. The van der Waals surface area contributed by atoms with E-state index in [4.69, 9.17) is 4.84 Å². The van der Waals surface area contributed by atoms with Crippen LogP contribution in [0.2, 0.25) is 0 Å². The van der Waals surface area contributed by atoms with Crippen LogP contribution in [-0.4, -0.2) is 23.2 Å². The van der Waals surface area contributed by atoms with Gasteiger partial charge in [-0.3, -0.25) is 4.79 Å². The third kappa shape index (κ3) is 4.36. The summed E-state index contributed by atoms with van der Waals surface area (Å²) in [6, 6.07) is 6.54. The summed E-state index contributed by atoms with van der Waals surface area (Å²) in [5, 5.41) is 14.5. The first-order valence-corrected chi connectivity index (χ1v) is 8.90. The molecule has 0 aromatic heterocycles. The number of hydrogen-bond donors (Lipinski definition) is 1. The fourth-order valence-electron chi connectivity index (χ4n) is 3.73. The van der Waals surface area contributed by atoms with Crippen molar-refractivity contribution in [3.63, 3.8) is 0 Å². The van der Waals surface area contributed by atoms with E-state index < -0.39 is 0 Å². The van der Waals surface area contributed by atoms with Crippen LogP contribution < -0.4 is 29.6 Å². The first-order chi connectivity index (χ1) is 11.6. The number of nitrogens with zero attached hydrogens (tertiary/aromatic N) is 1. The minimum absolute atomic E-state index is 0. The molecule has 2 aliphatic carbocycles. The van der Waals surface area contributed by atoms with E-state index >= 15 is 0 Å². The molecule has 1 aromatic rings. The summed E-state index contributed by atoms with van der Waals surface area (Å²) < 4.78 is 0. The predicted molar refractivity (Wildman–Crippen MR) is 94.5 cm³/mol. The summed E-state index contributed by atoms with van der Waals surface area (Å²) in [5.74, 6) is 0.166. The van der Waals surface area contributed by atoms with Gasteiger partial charge in [0.1, 0.15) is 12.4 Å². The second kappa shape index (κ2) is 9.02. The molecule has 1 unspecified atom stereocenters. The van der Waals surface area contributed by atoms with Gasteiger partial charge in [0.2, 0.25) is 0 Å². The van der Waals surface area contributed by atoms with Crippen LogP contribution in [0.4, 0.5) is 0 Å². The van der Waals surface area contributed by atoms with Crippen molar-refractivity contribution >= 4 is 11.5 Å². The molecular weight excluding hydrogens is 325 g/mol. The Morgan fingerprint density at radius 3 is 2.68 bits per heavy atom. The number of aryl methyl sites for hydroxylation is 2. The molecule has 0 bridgehead atoms. The zero-order valence-electron chi connectivity index (χ0n) is 15.5. The third-order valence-corrected chi connectivity index (χ3v) is 4.96. The van der Waals surface area contributed by atoms with Gasteiger partial charge in [-0.1, -0.05) is 30.3 Å². The van der Waals surface area contributed by atoms with Crippen molar-refractivity contribution in [3.8, 4) is 0 Å². The second-order valence-corrected chi connectivity index (χ2v) is 6.54. The molecule has 0 amide bonds. The molecule has 1 aromatic carbocycles. The molecule has 1 N–H and O–H groups in total. The van der Waals surface area contributed by atoms with E-state index in [0.29, 0.717) is 37.2 Å². The monoisotopic (exact) mass is 350 g/mol. The van der Waals surface area contributed by atoms with Crippen LogP contribution in [0.15, 0.2) is 34.7 Å². The van der Waals surface area contributed by atoms with Crippen LogP contribution in [0.1, 0.15) is 62.1 Å². The van der Waals surface area contributed by atoms with Crippen LogP contribution in [0.5, 0.6) is 0 Å². The average molecular weight is 350 g/mol. The molecule has 0 aliphatic heterocycles. The summed E-state index contributed by atoms with van der Waals surface area (Å²) in [4.78, 5) is 17.7. The minimum atomic E-state index is -0.0375. The first kappa shape index (κ1) is 20.2. The second-order valence-electron chi connectivity index (χ2n) is 6.54. The van der Waals surface area contributed by atoms with E-state index in [2.05, 4.69) is 23.4 Å². The van der Waals surface area contributed by atoms with Crippen LogP contribution in [-0.2, 0) is 22.5 Å². The molecule has 0 heterocycles. The molecule has 128 valence electrons. The van der Waals surface area contributed by atoms with Gasteiger partial charge in [-0.2, -0.15) is 0 Å². The molecule has 2 aliphatic rings. The number of carbonyl (C=O) groups excluding carboxylic acids is 1. The maximum atomic E-state index is 12.6. The van der Waals surface area contributed by atoms with Gasteiger partial charge in [0.15, 0.2) is 5.78 Å². The number of carbonyl (C=O) groups is 1. The van der Waals surface area contributed by atoms with Crippen molar-refractivity contribution in [2.45, 2.75) is 58.3 Å². The molecular formula is C20H25NNaO3+. The van der Waals surface area contributed by atoms with Crippen LogP contribution in [0.25, 0.3) is 0 Å². The van der Waals surface area contributed by atoms with Crippen LogP contribution in [0, 0.1) is 0 Å². The topological polar surface area (TPSA) is 58.9 Å². The summed E-state index contributed by atoms with van der Waals surface area (Å²) in [7, 11) is 0. The average Bonchev–Trinajstić information content (AvgIpc) is 3.04. The third-order valence-electron chi connectivity index (χ3n) is 4.96. The number of allylic oxidation sites excluding steroid dienone is 2. The fraction of sp³-hybridized carbons (Fsp3) is 0.500. The quantitative estimate of drug-likeness (QED) is 0.494. The van der Waals surface area contributed by atoms with Crippen molar-refractivity contribution in [3.05, 3.63) is 46.2 Å². The Morgan fingerprint density at radius 2 is 2.00 bits per heavy atom. The van der Waals surface area contributed by atoms with Crippen LogP contribution >= 0.6 is 0 Å². The largest absolute Gasteiger partial charge is 1.00 e. The Kier molecular flexibility index (Phi) is 7.29. The Hall–Kier alpha value is -1.10. The summed E-state index contributed by atoms with van der Waals surface area (Å²) in [6.45, 7) is 4.21. The standard InChI is InChI=1S/C20H25NO3.Na/c1-3-17(21-24-4-2)20-18(22)11-16(12-19(20)23)15-9-8-13-6-5-7-14(13)10-15;/h8-10,16,22H,3-7,11-12H2,1-2H3;/q;+1/b21-17-;. The molecule has 5 heteroatoms. The molecule has 25 heavy (non-hydrogen) atoms. The summed E-state index contributed by atoms with van der Waals surface area (Å²) >= 11 is 0. The van der Waals surface area contributed by atoms with Gasteiger partial charge < -0.3 is 9.94 Å². The molecule has 0 spiro atoms. The molecule has 0 radical (unpaired) electrons. The van der Waals surface area contributed by atoms with Crippen molar-refractivity contribution in [2.75, 3.05) is 6.61 Å². The molecule has 0 fully saturated rings. The Bertz CT molecular complexity index is 709. The predicted octanol–water partition coefficient (Wildman–Crippen LogP) is 1.24. The SMILES string of the molecule is CCO/N=C(/CC)C1=C(O)CC(c2ccc3c(c2)CCC3)CC1=O.[Na+]. The Balaban J connectivity index is 0.00000225. The number of ketones is 1. The number of oxime groups is 1. The zero-order valence-corrected chi connectivity index (χ0v) is 17.5. The number of aliphatic hydroxyl groups is 1. The van der Waals surface area contributed by atoms with Gasteiger partial charge in [-0.05, 0) is 55.2 Å². The molecule has 4 nitrogen and oxygen atoms in total. The van der Waals surface area contributed by atoms with Gasteiger partial charge >= 0.3 is 29.6 Å². The van der Waals surface area contributed by atoms with Gasteiger partial charge in [0.25, 0.3) is 0 Å². The Morgan fingerprint density at radius 1 is 1.24 bits per heavy atom. The number of hydrogen-bond acceptors (Lipinski definition) is 4. The first-order valence-electron chi connectivity index (χ1n) is 8.90. The van der Waals surface area contributed by atoms with E-state index in [1.54, 1.807) is 0 Å². The van der Waals surface area contributed by atoms with Gasteiger partial charge in [-0.15, -0.1) is 0 Å². The van der Waals surface area contributed by atoms with E-state index in [1.165, 1.54) is 17.5 Å².